The van der Waals surface area contributed by atoms with Gasteiger partial charge in [-0.1, -0.05) is 23.7 Å². The van der Waals surface area contributed by atoms with Crippen LogP contribution in [0.25, 0.3) is 5.57 Å². The maximum Gasteiger partial charge on any atom is 0.170 e. The van der Waals surface area contributed by atoms with Gasteiger partial charge in [0.2, 0.25) is 0 Å². The fourth-order valence-corrected chi connectivity index (χ4v) is 5.56. The molecule has 7 heteroatoms. The van der Waals surface area contributed by atoms with E-state index in [-0.39, 0.29) is 17.6 Å². The molecule has 0 bridgehead atoms. The monoisotopic (exact) mass is 483 g/mol. The summed E-state index contributed by atoms with van der Waals surface area (Å²) in [6.07, 6.45) is 5.18. The first-order chi connectivity index (χ1) is 15.6. The fraction of sp³-hybridized carbons (Fsp3) is 0.462. The number of halogens is 1. The normalized spacial score (nSPS) is 21.8. The first-order valence-corrected chi connectivity index (χ1v) is 12.3. The van der Waals surface area contributed by atoms with E-state index in [9.17, 15) is 0 Å². The Balaban J connectivity index is 1.80. The summed E-state index contributed by atoms with van der Waals surface area (Å²) in [5.41, 5.74) is 5.65. The van der Waals surface area contributed by atoms with Crippen LogP contribution in [0, 0.1) is 0 Å². The molecular formula is C26H34ClN5S. The number of aromatic nitrogens is 1. The molecule has 1 aromatic heterocycles. The van der Waals surface area contributed by atoms with Crippen molar-refractivity contribution < 1.29 is 0 Å². The van der Waals surface area contributed by atoms with Gasteiger partial charge in [0.1, 0.15) is 0 Å². The summed E-state index contributed by atoms with van der Waals surface area (Å²) >= 11 is 12.8. The fourth-order valence-electron chi connectivity index (χ4n) is 4.96. The highest BCUT2D eigenvalue weighted by Gasteiger charge is 2.41. The van der Waals surface area contributed by atoms with E-state index >= 15 is 0 Å². The molecule has 1 fully saturated rings. The van der Waals surface area contributed by atoms with E-state index in [0.29, 0.717) is 0 Å². The third kappa shape index (κ3) is 4.61. The Hall–Kier alpha value is -2.15. The zero-order valence-corrected chi connectivity index (χ0v) is 22.0. The van der Waals surface area contributed by atoms with E-state index in [4.69, 9.17) is 23.8 Å². The molecule has 0 radical (unpaired) electrons. The van der Waals surface area contributed by atoms with E-state index in [0.717, 1.165) is 46.6 Å². The van der Waals surface area contributed by atoms with Crippen molar-refractivity contribution in [1.82, 2.24) is 20.1 Å². The molecule has 3 heterocycles. The number of hydrogen-bond acceptors (Lipinski definition) is 4. The first kappa shape index (κ1) is 24.0. The van der Waals surface area contributed by atoms with Gasteiger partial charge in [0.15, 0.2) is 5.11 Å². The molecule has 1 N–H and O–H groups in total. The van der Waals surface area contributed by atoms with Gasteiger partial charge < -0.3 is 20.0 Å². The van der Waals surface area contributed by atoms with E-state index < -0.39 is 0 Å². The minimum Gasteiger partial charge on any atom is -0.365 e. The second kappa shape index (κ2) is 9.24. The smallest absolute Gasteiger partial charge is 0.170 e. The van der Waals surface area contributed by atoms with E-state index in [2.05, 4.69) is 91.2 Å². The first-order valence-electron chi connectivity index (χ1n) is 11.5. The van der Waals surface area contributed by atoms with Crippen molar-refractivity contribution in [3.63, 3.8) is 0 Å². The molecule has 2 atom stereocenters. The van der Waals surface area contributed by atoms with Crippen LogP contribution in [-0.4, -0.2) is 59.7 Å². The number of nitrogens with one attached hydrogen (secondary N) is 1. The number of benzene rings is 1. The van der Waals surface area contributed by atoms with Crippen LogP contribution in [0.4, 0.5) is 5.69 Å². The minimum atomic E-state index is -0.0624. The van der Waals surface area contributed by atoms with Crippen LogP contribution in [0.15, 0.2) is 42.6 Å². The highest BCUT2D eigenvalue weighted by molar-refractivity contribution is 7.80. The van der Waals surface area contributed by atoms with Crippen molar-refractivity contribution in [3.8, 4) is 0 Å². The molecule has 5 nitrogen and oxygen atoms in total. The molecule has 0 aliphatic carbocycles. The van der Waals surface area contributed by atoms with Crippen LogP contribution in [0.2, 0.25) is 5.02 Å². The lowest BCUT2D eigenvalue weighted by Crippen LogP contribution is -2.42. The van der Waals surface area contributed by atoms with Gasteiger partial charge in [0.25, 0.3) is 0 Å². The third-order valence-electron chi connectivity index (χ3n) is 6.86. The number of anilines is 1. The van der Waals surface area contributed by atoms with E-state index in [1.54, 1.807) is 0 Å². The van der Waals surface area contributed by atoms with Gasteiger partial charge in [-0.25, -0.2) is 0 Å². The number of fused-ring (bicyclic) bond motifs is 1. The Labute approximate surface area is 208 Å². The topological polar surface area (TPSA) is 34.6 Å². The molecule has 0 spiro atoms. The van der Waals surface area contributed by atoms with Crippen LogP contribution in [0.3, 0.4) is 0 Å². The van der Waals surface area contributed by atoms with Crippen LogP contribution >= 0.6 is 23.8 Å². The van der Waals surface area contributed by atoms with Gasteiger partial charge >= 0.3 is 0 Å². The largest absolute Gasteiger partial charge is 0.365 e. The van der Waals surface area contributed by atoms with Crippen molar-refractivity contribution in [2.45, 2.75) is 44.8 Å². The number of thiocarbonyl (C=S) groups is 1. The van der Waals surface area contributed by atoms with Crippen molar-refractivity contribution >= 4 is 40.2 Å². The van der Waals surface area contributed by atoms with Gasteiger partial charge in [0.05, 0.1) is 23.3 Å². The van der Waals surface area contributed by atoms with Crippen LogP contribution in [-0.2, 0) is 0 Å². The van der Waals surface area contributed by atoms with E-state index in [1.807, 2.05) is 18.3 Å². The summed E-state index contributed by atoms with van der Waals surface area (Å²) in [5.74, 6) is 0. The Bertz CT molecular complexity index is 1070. The maximum atomic E-state index is 7.03. The molecule has 176 valence electrons. The molecule has 1 aromatic carbocycles. The molecule has 4 rings (SSSR count). The predicted molar refractivity (Wildman–Crippen MR) is 143 cm³/mol. The summed E-state index contributed by atoms with van der Waals surface area (Å²) in [7, 11) is 6.33. The standard InChI is InChI=1S/C26H34ClN5S/c1-17-16-26(2,3)31(6)22-15-20(27)19(14-18(17)22)24-23(21-10-7-8-11-28-21)29-25(33)32(24)13-9-12-30(4)5/h7-8,10-11,14-16,23-24H,9,12-13H2,1-6H3,(H,29,33)/t23-,24+/m1/s1. The predicted octanol–water partition coefficient (Wildman–Crippen LogP) is 5.29. The molecule has 33 heavy (non-hydrogen) atoms. The number of nitrogens with zero attached hydrogens (tertiary/aromatic N) is 4. The summed E-state index contributed by atoms with van der Waals surface area (Å²) in [5, 5.41) is 5.07. The highest BCUT2D eigenvalue weighted by atomic mass is 35.5. The molecule has 0 saturated carbocycles. The van der Waals surface area contributed by atoms with E-state index in [1.165, 1.54) is 11.1 Å². The van der Waals surface area contributed by atoms with Crippen LogP contribution in [0.1, 0.15) is 56.1 Å². The zero-order valence-electron chi connectivity index (χ0n) is 20.4. The van der Waals surface area contributed by atoms with Crippen molar-refractivity contribution in [2.24, 2.45) is 0 Å². The maximum absolute atomic E-state index is 7.03. The average Bonchev–Trinajstić information content (AvgIpc) is 3.08. The zero-order chi connectivity index (χ0) is 23.9. The van der Waals surface area contributed by atoms with Crippen LogP contribution < -0.4 is 10.2 Å². The van der Waals surface area contributed by atoms with Gasteiger partial charge in [0, 0.05) is 36.1 Å². The Morgan fingerprint density at radius 3 is 2.67 bits per heavy atom. The molecule has 0 amide bonds. The number of pyridine rings is 1. The lowest BCUT2D eigenvalue weighted by atomic mass is 9.86. The molecule has 2 aromatic rings. The summed E-state index contributed by atoms with van der Waals surface area (Å²) in [6.45, 7) is 8.50. The molecule has 1 saturated heterocycles. The minimum absolute atomic E-state index is 0.0274. The lowest BCUT2D eigenvalue weighted by Gasteiger charge is -2.41. The lowest BCUT2D eigenvalue weighted by molar-refractivity contribution is 0.293. The Morgan fingerprint density at radius 2 is 2.00 bits per heavy atom. The molecule has 2 aliphatic heterocycles. The van der Waals surface area contributed by atoms with Crippen LogP contribution in [0.5, 0.6) is 0 Å². The summed E-state index contributed by atoms with van der Waals surface area (Å²) < 4.78 is 0. The van der Waals surface area contributed by atoms with Gasteiger partial charge in [-0.3, -0.25) is 4.98 Å². The Morgan fingerprint density at radius 1 is 1.24 bits per heavy atom. The number of hydrogen-bond donors (Lipinski definition) is 1. The number of likely N-dealkylation sites (N-methyl/N-ethyl adjacent to an activating group) is 1. The third-order valence-corrected chi connectivity index (χ3v) is 7.54. The highest BCUT2D eigenvalue weighted by Crippen LogP contribution is 2.46. The molecule has 0 unspecified atom stereocenters. The summed E-state index contributed by atoms with van der Waals surface area (Å²) in [6, 6.07) is 10.3. The Kier molecular flexibility index (Phi) is 6.72. The van der Waals surface area contributed by atoms with Gasteiger partial charge in [-0.05, 0) is 95.5 Å². The average molecular weight is 484 g/mol. The quantitative estimate of drug-likeness (QED) is 0.562. The second-order valence-corrected chi connectivity index (χ2v) is 10.7. The molecular weight excluding hydrogens is 450 g/mol. The van der Waals surface area contributed by atoms with Crippen molar-refractivity contribution in [1.29, 1.82) is 0 Å². The van der Waals surface area contributed by atoms with Crippen molar-refractivity contribution in [2.75, 3.05) is 39.1 Å². The summed E-state index contributed by atoms with van der Waals surface area (Å²) in [4.78, 5) is 11.5. The second-order valence-electron chi connectivity index (χ2n) is 9.91. The molecule has 2 aliphatic rings. The SMILES string of the molecule is CC1=CC(C)(C)N(C)c2cc(Cl)c([C@H]3[C@@H](c4ccccn4)NC(=S)N3CCCN(C)C)cc21. The number of rotatable bonds is 6. The van der Waals surface area contributed by atoms with Gasteiger partial charge in [-0.2, -0.15) is 0 Å². The van der Waals surface area contributed by atoms with Crippen molar-refractivity contribution in [3.05, 3.63) is 64.4 Å². The van der Waals surface area contributed by atoms with Gasteiger partial charge in [-0.15, -0.1) is 0 Å². The number of allylic oxidation sites excluding steroid dienone is 1.